The number of hydrogen-bond acceptors (Lipinski definition) is 10. The molecule has 5 amide bonds. The number of ether oxygens (including phenoxy) is 2. The Morgan fingerprint density at radius 3 is 2.26 bits per heavy atom. The summed E-state index contributed by atoms with van der Waals surface area (Å²) in [6.07, 6.45) is -0.689. The van der Waals surface area contributed by atoms with Crippen molar-refractivity contribution in [3.05, 3.63) is 24.3 Å². The smallest absolute Gasteiger partial charge is 0.410 e. The summed E-state index contributed by atoms with van der Waals surface area (Å²) in [6, 6.07) is -2.00. The maximum Gasteiger partial charge on any atom is 0.410 e. The number of carboxylic acid groups (broad SMARTS) is 2. The van der Waals surface area contributed by atoms with Gasteiger partial charge in [0, 0.05) is 57.5 Å². The van der Waals surface area contributed by atoms with Crippen molar-refractivity contribution in [3.63, 3.8) is 0 Å². The first-order valence-corrected chi connectivity index (χ1v) is 15.3. The first-order chi connectivity index (χ1) is 22.0. The van der Waals surface area contributed by atoms with Gasteiger partial charge in [0.05, 0.1) is 18.6 Å². The number of amides is 5. The van der Waals surface area contributed by atoms with E-state index in [2.05, 4.69) is 11.9 Å². The van der Waals surface area contributed by atoms with Crippen LogP contribution in [0, 0.1) is 5.92 Å². The molecule has 16 heteroatoms. The molecule has 0 aliphatic carbocycles. The van der Waals surface area contributed by atoms with E-state index >= 15 is 0 Å². The van der Waals surface area contributed by atoms with Crippen LogP contribution in [0.1, 0.15) is 65.7 Å². The van der Waals surface area contributed by atoms with Crippen LogP contribution in [0.3, 0.4) is 0 Å². The van der Waals surface area contributed by atoms with Gasteiger partial charge in [0.25, 0.3) is 11.8 Å². The van der Waals surface area contributed by atoms with Crippen molar-refractivity contribution in [2.45, 2.75) is 89.6 Å². The van der Waals surface area contributed by atoms with Gasteiger partial charge < -0.3 is 29.9 Å². The van der Waals surface area contributed by atoms with Gasteiger partial charge in [-0.1, -0.05) is 12.2 Å². The third-order valence-electron chi connectivity index (χ3n) is 7.84. The number of ketones is 1. The molecule has 258 valence electrons. The summed E-state index contributed by atoms with van der Waals surface area (Å²) < 4.78 is 11.3. The Hall–Kier alpha value is -4.60. The van der Waals surface area contributed by atoms with E-state index in [0.29, 0.717) is 6.42 Å². The number of imide groups is 1. The van der Waals surface area contributed by atoms with Gasteiger partial charge in [0.15, 0.2) is 6.23 Å². The van der Waals surface area contributed by atoms with Crippen LogP contribution in [0.5, 0.6) is 0 Å². The van der Waals surface area contributed by atoms with E-state index < -0.39 is 83.7 Å². The second-order valence-electron chi connectivity index (χ2n) is 12.7. The minimum absolute atomic E-state index is 0.168. The Labute approximate surface area is 271 Å². The molecule has 2 saturated heterocycles. The van der Waals surface area contributed by atoms with Crippen LogP contribution in [0.15, 0.2) is 24.3 Å². The number of hydrogen-bond donors (Lipinski definition) is 3. The van der Waals surface area contributed by atoms with Gasteiger partial charge in [-0.2, -0.15) is 0 Å². The molecule has 3 rings (SSSR count). The Bertz CT molecular complexity index is 1320. The van der Waals surface area contributed by atoms with Gasteiger partial charge in [-0.15, -0.1) is 0 Å². The molecule has 0 aromatic carbocycles. The Balaban J connectivity index is 1.50. The minimum atomic E-state index is -1.46. The molecule has 3 aliphatic heterocycles. The number of nitrogens with one attached hydrogen (secondary N) is 1. The Kier molecular flexibility index (Phi) is 12.4. The number of carbonyl (C=O) groups excluding carboxylic acids is 6. The summed E-state index contributed by atoms with van der Waals surface area (Å²) in [5, 5.41) is 21.5. The van der Waals surface area contributed by atoms with Crippen LogP contribution in [0.2, 0.25) is 0 Å². The number of carboxylic acids is 2. The van der Waals surface area contributed by atoms with Crippen molar-refractivity contribution in [3.8, 4) is 0 Å². The fraction of sp³-hybridized carbons (Fsp3) is 0.613. The van der Waals surface area contributed by atoms with Gasteiger partial charge in [-0.05, 0) is 40.0 Å². The van der Waals surface area contributed by atoms with Crippen molar-refractivity contribution >= 4 is 47.4 Å². The van der Waals surface area contributed by atoms with Gasteiger partial charge in [-0.3, -0.25) is 38.6 Å². The molecule has 0 saturated carbocycles. The molecular weight excluding hydrogens is 620 g/mol. The topological polar surface area (TPSA) is 217 Å². The molecule has 16 nitrogen and oxygen atoms in total. The van der Waals surface area contributed by atoms with Gasteiger partial charge in [0.1, 0.15) is 17.4 Å². The zero-order valence-corrected chi connectivity index (χ0v) is 26.8. The van der Waals surface area contributed by atoms with Crippen molar-refractivity contribution in [2.24, 2.45) is 5.92 Å². The molecule has 4 atom stereocenters. The number of carbonyl (C=O) groups is 8. The first kappa shape index (κ1) is 36.9. The number of nitrogens with zero attached hydrogens (tertiary/aromatic N) is 3. The van der Waals surface area contributed by atoms with E-state index in [0.717, 1.165) is 22.6 Å². The monoisotopic (exact) mass is 662 g/mol. The highest BCUT2D eigenvalue weighted by atomic mass is 16.6. The van der Waals surface area contributed by atoms with Crippen LogP contribution >= 0.6 is 0 Å². The lowest BCUT2D eigenvalue weighted by atomic mass is 9.94. The van der Waals surface area contributed by atoms with Crippen LogP contribution < -0.4 is 5.32 Å². The van der Waals surface area contributed by atoms with Crippen molar-refractivity contribution in [2.75, 3.05) is 26.2 Å². The Morgan fingerprint density at radius 1 is 1.00 bits per heavy atom. The standard InChI is InChI=1S/C31H42N4O12/c1-18-15-22(35(17-18)30(45)47-31(2,3)4)27-34(13-14-46-27)26(40)8-5-19(28(41)42)16-20(36)6-7-21(29(43)44)32-23(37)11-12-33-24(38)9-10-25(33)39/h9-10,19,21-22,27H,1,5-8,11-17H2,2-4H3,(H,32,37)(H,41,42)(H,43,44)/t19-,21+,22+,27?/m1/s1. The molecule has 1 unspecified atom stereocenters. The molecule has 47 heavy (non-hydrogen) atoms. The summed E-state index contributed by atoms with van der Waals surface area (Å²) in [6.45, 7) is 9.64. The molecule has 0 spiro atoms. The van der Waals surface area contributed by atoms with Crippen LogP contribution in [0.4, 0.5) is 4.79 Å². The summed E-state index contributed by atoms with van der Waals surface area (Å²) >= 11 is 0. The van der Waals surface area contributed by atoms with Gasteiger partial charge >= 0.3 is 18.0 Å². The van der Waals surface area contributed by atoms with Crippen molar-refractivity contribution in [1.29, 1.82) is 0 Å². The predicted molar refractivity (Wildman–Crippen MR) is 161 cm³/mol. The minimum Gasteiger partial charge on any atom is -0.481 e. The van der Waals surface area contributed by atoms with E-state index in [1.165, 1.54) is 9.80 Å². The van der Waals surface area contributed by atoms with Gasteiger partial charge in [-0.25, -0.2) is 9.59 Å². The number of rotatable bonds is 15. The molecule has 3 N–H and O–H groups in total. The quantitative estimate of drug-likeness (QED) is 0.164. The second kappa shape index (κ2) is 15.8. The lowest BCUT2D eigenvalue weighted by Gasteiger charge is -2.34. The van der Waals surface area contributed by atoms with Crippen LogP contribution in [-0.2, 0) is 43.0 Å². The zero-order chi connectivity index (χ0) is 35.1. The average molecular weight is 663 g/mol. The highest BCUT2D eigenvalue weighted by Crippen LogP contribution is 2.31. The molecule has 0 radical (unpaired) electrons. The molecule has 0 bridgehead atoms. The third kappa shape index (κ3) is 10.5. The van der Waals surface area contributed by atoms with E-state index in [-0.39, 0.29) is 58.3 Å². The van der Waals surface area contributed by atoms with Crippen molar-refractivity contribution < 1.29 is 58.0 Å². The van der Waals surface area contributed by atoms with E-state index in [1.807, 2.05) is 0 Å². The van der Waals surface area contributed by atoms with E-state index in [4.69, 9.17) is 9.47 Å². The largest absolute Gasteiger partial charge is 0.481 e. The maximum absolute atomic E-state index is 13.2. The third-order valence-corrected chi connectivity index (χ3v) is 7.84. The first-order valence-electron chi connectivity index (χ1n) is 15.3. The summed E-state index contributed by atoms with van der Waals surface area (Å²) in [7, 11) is 0. The number of likely N-dealkylation sites (tertiary alicyclic amines) is 1. The molecule has 3 heterocycles. The predicted octanol–water partition coefficient (Wildman–Crippen LogP) is 0.842. The molecule has 3 aliphatic rings. The summed E-state index contributed by atoms with van der Waals surface area (Å²) in [4.78, 5) is 102. The number of aliphatic carboxylic acids is 2. The maximum atomic E-state index is 13.2. The van der Waals surface area contributed by atoms with E-state index in [1.54, 1.807) is 20.8 Å². The molecular formula is C31H42N4O12. The van der Waals surface area contributed by atoms with Crippen LogP contribution in [-0.4, -0.2) is 123 Å². The normalized spacial score (nSPS) is 20.8. The van der Waals surface area contributed by atoms with E-state index in [9.17, 15) is 48.6 Å². The second-order valence-corrected chi connectivity index (χ2v) is 12.7. The summed E-state index contributed by atoms with van der Waals surface area (Å²) in [5.74, 6) is -6.83. The fourth-order valence-electron chi connectivity index (χ4n) is 5.50. The molecule has 0 aromatic heterocycles. The number of Topliss-reactive ketones (excluding diaryl/α,β-unsaturated/α-hetero) is 1. The average Bonchev–Trinajstić information content (AvgIpc) is 3.69. The van der Waals surface area contributed by atoms with Crippen molar-refractivity contribution in [1.82, 2.24) is 20.0 Å². The highest BCUT2D eigenvalue weighted by Gasteiger charge is 2.45. The molecule has 0 aromatic rings. The highest BCUT2D eigenvalue weighted by molar-refractivity contribution is 6.13. The SMILES string of the molecule is C=C1C[C@@H](C2OCCN2C(=O)CC[C@H](CC(=O)CC[C@H](NC(=O)CCN2C(=O)C=CC2=O)C(=O)O)C(=O)O)N(C(=O)OC(C)(C)C)C1. The fourth-order valence-corrected chi connectivity index (χ4v) is 5.50. The van der Waals surface area contributed by atoms with Gasteiger partial charge in [0.2, 0.25) is 11.8 Å². The summed E-state index contributed by atoms with van der Waals surface area (Å²) in [5.41, 5.74) is 0.0328. The lowest BCUT2D eigenvalue weighted by Crippen LogP contribution is -2.51. The lowest BCUT2D eigenvalue weighted by molar-refractivity contribution is -0.146. The van der Waals surface area contributed by atoms with Crippen LogP contribution in [0.25, 0.3) is 0 Å². The Morgan fingerprint density at radius 2 is 1.66 bits per heavy atom. The molecule has 2 fully saturated rings. The zero-order valence-electron chi connectivity index (χ0n) is 26.8.